The molecule has 2 aromatic carbocycles. The van der Waals surface area contributed by atoms with E-state index in [0.29, 0.717) is 18.2 Å². The number of ether oxygens (including phenoxy) is 1. The van der Waals surface area contributed by atoms with E-state index in [1.54, 1.807) is 24.3 Å². The van der Waals surface area contributed by atoms with Crippen LogP contribution in [0.25, 0.3) is 0 Å². The van der Waals surface area contributed by atoms with Crippen molar-refractivity contribution in [2.75, 3.05) is 12.0 Å². The van der Waals surface area contributed by atoms with Gasteiger partial charge < -0.3 is 15.2 Å². The molecule has 0 bridgehead atoms. The van der Waals surface area contributed by atoms with Crippen LogP contribution in [-0.2, 0) is 12.3 Å². The summed E-state index contributed by atoms with van der Waals surface area (Å²) in [4.78, 5) is 13.7. The number of nitrogens with zero attached hydrogens (tertiary/aromatic N) is 1. The summed E-state index contributed by atoms with van der Waals surface area (Å²) in [6.45, 7) is 0.475. The third-order valence-corrected chi connectivity index (χ3v) is 4.99. The predicted octanol–water partition coefficient (Wildman–Crippen LogP) is 4.13. The van der Waals surface area contributed by atoms with Crippen LogP contribution in [-0.4, -0.2) is 24.2 Å². The van der Waals surface area contributed by atoms with E-state index in [0.717, 1.165) is 11.0 Å². The molecule has 0 fully saturated rings. The van der Waals surface area contributed by atoms with Crippen LogP contribution in [0.3, 0.4) is 0 Å². The zero-order chi connectivity index (χ0) is 20.0. The van der Waals surface area contributed by atoms with Crippen molar-refractivity contribution in [2.24, 2.45) is 0 Å². The molecule has 27 heavy (non-hydrogen) atoms. The fourth-order valence-electron chi connectivity index (χ4n) is 2.87. The first-order valence-corrected chi connectivity index (χ1v) is 8.68. The number of urea groups is 1. The van der Waals surface area contributed by atoms with Crippen LogP contribution < -0.4 is 15.0 Å². The van der Waals surface area contributed by atoms with Crippen molar-refractivity contribution >= 4 is 27.6 Å². The molecule has 0 saturated heterocycles. The van der Waals surface area contributed by atoms with E-state index in [-0.39, 0.29) is 16.7 Å². The number of carbonyl (C=O) groups excluding carboxylic acids is 1. The second-order valence-corrected chi connectivity index (χ2v) is 7.10. The molecule has 2 N–H and O–H groups in total. The molecule has 3 rings (SSSR count). The van der Waals surface area contributed by atoms with Gasteiger partial charge >= 0.3 is 6.03 Å². The SMILES string of the molecule is COc1ccc(CN2C(=O)NC(O)(C(C)(F)F)c3cc(F)c(Br)cc32)cc1. The summed E-state index contributed by atoms with van der Waals surface area (Å²) in [5.74, 6) is -3.96. The molecule has 9 heteroatoms. The van der Waals surface area contributed by atoms with E-state index in [4.69, 9.17) is 4.74 Å². The van der Waals surface area contributed by atoms with Crippen LogP contribution in [0.5, 0.6) is 5.75 Å². The zero-order valence-corrected chi connectivity index (χ0v) is 16.0. The minimum absolute atomic E-state index is 0.0162. The third-order valence-electron chi connectivity index (χ3n) is 4.39. The molecule has 0 aliphatic carbocycles. The van der Waals surface area contributed by atoms with Crippen LogP contribution in [0.4, 0.5) is 23.7 Å². The van der Waals surface area contributed by atoms with Gasteiger partial charge in [-0.15, -0.1) is 0 Å². The maximum Gasteiger partial charge on any atom is 0.324 e. The van der Waals surface area contributed by atoms with E-state index < -0.39 is 29.1 Å². The maximum atomic E-state index is 14.1. The standard InChI is InChI=1S/C18H16BrF3N2O3/c1-17(21,22)18(26)12-7-14(20)13(19)8-15(12)24(16(25)23-18)9-10-3-5-11(27-2)6-4-10/h3-8,26H,9H2,1-2H3,(H,23,25). The van der Waals surface area contributed by atoms with Gasteiger partial charge in [0.05, 0.1) is 23.8 Å². The van der Waals surface area contributed by atoms with Crippen molar-refractivity contribution in [2.45, 2.75) is 25.1 Å². The van der Waals surface area contributed by atoms with Gasteiger partial charge in [0.2, 0.25) is 5.72 Å². The average Bonchev–Trinajstić information content (AvgIpc) is 2.60. The molecule has 0 spiro atoms. The summed E-state index contributed by atoms with van der Waals surface area (Å²) in [5, 5.41) is 12.4. The second-order valence-electron chi connectivity index (χ2n) is 6.25. The Labute approximate surface area is 161 Å². The van der Waals surface area contributed by atoms with Crippen molar-refractivity contribution in [3.8, 4) is 5.75 Å². The lowest BCUT2D eigenvalue weighted by Crippen LogP contribution is -2.63. The van der Waals surface area contributed by atoms with Gasteiger partial charge in [0.1, 0.15) is 11.6 Å². The number of benzene rings is 2. The van der Waals surface area contributed by atoms with E-state index in [9.17, 15) is 23.1 Å². The Balaban J connectivity index is 2.09. The predicted molar refractivity (Wildman–Crippen MR) is 96.3 cm³/mol. The molecule has 144 valence electrons. The van der Waals surface area contributed by atoms with Crippen LogP contribution in [0.1, 0.15) is 18.1 Å². The maximum absolute atomic E-state index is 14.1. The highest BCUT2D eigenvalue weighted by atomic mass is 79.9. The largest absolute Gasteiger partial charge is 0.497 e. The van der Waals surface area contributed by atoms with Crippen molar-refractivity contribution < 1.29 is 27.8 Å². The first kappa shape index (κ1) is 19.5. The van der Waals surface area contributed by atoms with Gasteiger partial charge in [-0.2, -0.15) is 0 Å². The van der Waals surface area contributed by atoms with E-state index >= 15 is 0 Å². The Morgan fingerprint density at radius 2 is 1.93 bits per heavy atom. The minimum Gasteiger partial charge on any atom is -0.497 e. The van der Waals surface area contributed by atoms with Gasteiger partial charge in [0, 0.05) is 12.5 Å². The molecule has 1 aliphatic rings. The Morgan fingerprint density at radius 1 is 1.30 bits per heavy atom. The van der Waals surface area contributed by atoms with E-state index in [2.05, 4.69) is 15.9 Å². The summed E-state index contributed by atoms with van der Waals surface area (Å²) >= 11 is 3.00. The topological polar surface area (TPSA) is 61.8 Å². The number of nitrogens with one attached hydrogen (secondary N) is 1. The Morgan fingerprint density at radius 3 is 2.48 bits per heavy atom. The summed E-state index contributed by atoms with van der Waals surface area (Å²) < 4.78 is 47.2. The number of hydrogen-bond acceptors (Lipinski definition) is 3. The highest BCUT2D eigenvalue weighted by Crippen LogP contribution is 2.44. The first-order valence-electron chi connectivity index (χ1n) is 7.89. The van der Waals surface area contributed by atoms with E-state index in [1.165, 1.54) is 13.2 Å². The van der Waals surface area contributed by atoms with Gasteiger partial charge in [-0.3, -0.25) is 4.90 Å². The van der Waals surface area contributed by atoms with Gasteiger partial charge in [-0.05, 0) is 45.8 Å². The Hall–Kier alpha value is -2.26. The lowest BCUT2D eigenvalue weighted by molar-refractivity contribution is -0.188. The molecule has 2 amide bonds. The smallest absolute Gasteiger partial charge is 0.324 e. The van der Waals surface area contributed by atoms with Gasteiger partial charge in [0.15, 0.2) is 0 Å². The fourth-order valence-corrected chi connectivity index (χ4v) is 3.20. The number of fused-ring (bicyclic) bond motifs is 1. The molecule has 2 aromatic rings. The molecule has 1 heterocycles. The molecular weight excluding hydrogens is 429 g/mol. The number of carbonyl (C=O) groups is 1. The second kappa shape index (κ2) is 6.72. The first-order chi connectivity index (χ1) is 12.6. The average molecular weight is 445 g/mol. The third kappa shape index (κ3) is 3.37. The molecule has 5 nitrogen and oxygen atoms in total. The summed E-state index contributed by atoms with van der Waals surface area (Å²) in [5.41, 5.74) is -2.79. The lowest BCUT2D eigenvalue weighted by atomic mass is 9.92. The van der Waals surface area contributed by atoms with Crippen LogP contribution in [0.15, 0.2) is 40.9 Å². The zero-order valence-electron chi connectivity index (χ0n) is 14.4. The number of alkyl halides is 2. The van der Waals surface area contributed by atoms with Gasteiger partial charge in [-0.1, -0.05) is 12.1 Å². The Kier molecular flexibility index (Phi) is 4.85. The number of methoxy groups -OCH3 is 1. The van der Waals surface area contributed by atoms with Crippen LogP contribution >= 0.6 is 15.9 Å². The molecule has 0 saturated carbocycles. The molecule has 0 radical (unpaired) electrons. The number of aliphatic hydroxyl groups is 1. The number of amides is 2. The van der Waals surface area contributed by atoms with E-state index in [1.807, 2.05) is 5.32 Å². The Bertz CT molecular complexity index is 887. The molecule has 0 aromatic heterocycles. The number of rotatable bonds is 4. The monoisotopic (exact) mass is 444 g/mol. The lowest BCUT2D eigenvalue weighted by Gasteiger charge is -2.43. The number of halogens is 4. The normalized spacial score (nSPS) is 19.5. The van der Waals surface area contributed by atoms with Gasteiger partial charge in [-0.25, -0.2) is 18.0 Å². The minimum atomic E-state index is -3.75. The van der Waals surface area contributed by atoms with Crippen molar-refractivity contribution in [3.05, 3.63) is 57.8 Å². The van der Waals surface area contributed by atoms with Crippen LogP contribution in [0.2, 0.25) is 0 Å². The van der Waals surface area contributed by atoms with Crippen molar-refractivity contribution in [1.82, 2.24) is 5.32 Å². The van der Waals surface area contributed by atoms with Crippen molar-refractivity contribution in [3.63, 3.8) is 0 Å². The molecular formula is C18H16BrF3N2O3. The quantitative estimate of drug-likeness (QED) is 0.745. The highest BCUT2D eigenvalue weighted by molar-refractivity contribution is 9.10. The fraction of sp³-hybridized carbons (Fsp3) is 0.278. The number of anilines is 1. The highest BCUT2D eigenvalue weighted by Gasteiger charge is 2.56. The summed E-state index contributed by atoms with van der Waals surface area (Å²) in [7, 11) is 1.52. The van der Waals surface area contributed by atoms with Gasteiger partial charge in [0.25, 0.3) is 5.92 Å². The van der Waals surface area contributed by atoms with Crippen molar-refractivity contribution in [1.29, 1.82) is 0 Å². The molecule has 1 unspecified atom stereocenters. The van der Waals surface area contributed by atoms with Crippen LogP contribution in [0, 0.1) is 5.82 Å². The molecule has 1 aliphatic heterocycles. The summed E-state index contributed by atoms with van der Waals surface area (Å²) in [6, 6.07) is 7.85. The molecule has 1 atom stereocenters. The number of hydrogen-bond donors (Lipinski definition) is 2. The summed E-state index contributed by atoms with van der Waals surface area (Å²) in [6.07, 6.45) is 0.